The average Bonchev–Trinajstić information content (AvgIpc) is 2.20. The highest BCUT2D eigenvalue weighted by Crippen LogP contribution is 2.18. The average molecular weight is 262 g/mol. The van der Waals surface area contributed by atoms with E-state index in [9.17, 15) is 4.79 Å². The molecule has 4 N–H and O–H groups in total. The second-order valence-corrected chi connectivity index (χ2v) is 5.60. The van der Waals surface area contributed by atoms with Crippen molar-refractivity contribution in [1.82, 2.24) is 10.6 Å². The summed E-state index contributed by atoms with van der Waals surface area (Å²) in [5, 5.41) is 15.9. The molecule has 0 spiro atoms. The molecule has 19 heavy (non-hydrogen) atoms. The number of para-hydroxylation sites is 1. The summed E-state index contributed by atoms with van der Waals surface area (Å²) >= 11 is 0. The number of nitrogens with one attached hydrogen (secondary N) is 4. The van der Waals surface area contributed by atoms with Gasteiger partial charge in [-0.15, -0.1) is 0 Å². The molecule has 1 rings (SSSR count). The Hall–Kier alpha value is -2.04. The number of guanidine groups is 1. The Bertz CT molecular complexity index is 468. The normalized spacial score (nSPS) is 10.8. The van der Waals surface area contributed by atoms with E-state index >= 15 is 0 Å². The zero-order valence-electron chi connectivity index (χ0n) is 12.1. The van der Waals surface area contributed by atoms with E-state index in [2.05, 4.69) is 16.0 Å². The Balaban J connectivity index is 2.64. The first-order chi connectivity index (χ1) is 8.69. The van der Waals surface area contributed by atoms with Crippen molar-refractivity contribution in [3.63, 3.8) is 0 Å². The minimum Gasteiger partial charge on any atom is -0.333 e. The number of aryl methyl sites for hydroxylation is 2. The number of urea groups is 1. The molecule has 0 atom stereocenters. The van der Waals surface area contributed by atoms with Gasteiger partial charge in [0.25, 0.3) is 0 Å². The lowest BCUT2D eigenvalue weighted by Crippen LogP contribution is -2.49. The summed E-state index contributed by atoms with van der Waals surface area (Å²) in [5.74, 6) is -0.0425. The molecule has 1 aromatic rings. The third-order valence-corrected chi connectivity index (χ3v) is 2.46. The number of hydrogen-bond acceptors (Lipinski definition) is 2. The van der Waals surface area contributed by atoms with Crippen LogP contribution in [0.25, 0.3) is 0 Å². The zero-order chi connectivity index (χ0) is 14.6. The minimum atomic E-state index is -0.392. The molecular formula is C14H22N4O. The van der Waals surface area contributed by atoms with Crippen LogP contribution in [0, 0.1) is 19.3 Å². The van der Waals surface area contributed by atoms with Gasteiger partial charge in [0.05, 0.1) is 0 Å². The Morgan fingerprint density at radius 1 is 1.16 bits per heavy atom. The molecule has 0 bridgehead atoms. The largest absolute Gasteiger partial charge is 0.333 e. The highest BCUT2D eigenvalue weighted by molar-refractivity contribution is 6.02. The standard InChI is InChI=1S/C14H22N4O/c1-9-7-6-8-10(2)11(9)16-12(15)17-13(19)18-14(3,4)5/h6-8H,1-5H3,(H4,15,16,17,18,19). The Morgan fingerprint density at radius 2 is 1.68 bits per heavy atom. The van der Waals surface area contributed by atoms with Crippen LogP contribution in [0.15, 0.2) is 18.2 Å². The van der Waals surface area contributed by atoms with E-state index in [0.29, 0.717) is 0 Å². The SMILES string of the molecule is Cc1cccc(C)c1NC(=N)NC(=O)NC(C)(C)C. The summed E-state index contributed by atoms with van der Waals surface area (Å²) in [6.45, 7) is 9.56. The fraction of sp³-hybridized carbons (Fsp3) is 0.429. The maximum Gasteiger partial charge on any atom is 0.321 e. The van der Waals surface area contributed by atoms with E-state index in [-0.39, 0.29) is 11.5 Å². The van der Waals surface area contributed by atoms with Crippen molar-refractivity contribution in [3.05, 3.63) is 29.3 Å². The van der Waals surface area contributed by atoms with Crippen LogP contribution in [0.1, 0.15) is 31.9 Å². The molecule has 5 heteroatoms. The quantitative estimate of drug-likeness (QED) is 0.464. The number of carbonyl (C=O) groups is 1. The highest BCUT2D eigenvalue weighted by Gasteiger charge is 2.14. The van der Waals surface area contributed by atoms with Crippen LogP contribution < -0.4 is 16.0 Å². The summed E-state index contributed by atoms with van der Waals surface area (Å²) < 4.78 is 0. The molecular weight excluding hydrogens is 240 g/mol. The molecule has 0 aliphatic heterocycles. The topological polar surface area (TPSA) is 77.0 Å². The van der Waals surface area contributed by atoms with E-state index in [0.717, 1.165) is 16.8 Å². The number of anilines is 1. The minimum absolute atomic E-state index is 0.0425. The van der Waals surface area contributed by atoms with E-state index in [1.807, 2.05) is 52.8 Å². The molecule has 0 heterocycles. The lowest BCUT2D eigenvalue weighted by atomic mass is 10.1. The third kappa shape index (κ3) is 4.99. The second kappa shape index (κ2) is 5.73. The van der Waals surface area contributed by atoms with Gasteiger partial charge in [-0.3, -0.25) is 10.7 Å². The summed E-state index contributed by atoms with van der Waals surface area (Å²) in [4.78, 5) is 11.6. The lowest BCUT2D eigenvalue weighted by molar-refractivity contribution is 0.236. The predicted molar refractivity (Wildman–Crippen MR) is 78.7 cm³/mol. The van der Waals surface area contributed by atoms with Gasteiger partial charge in [0, 0.05) is 11.2 Å². The molecule has 0 aliphatic carbocycles. The van der Waals surface area contributed by atoms with Gasteiger partial charge < -0.3 is 10.6 Å². The predicted octanol–water partition coefficient (Wildman–Crippen LogP) is 2.75. The van der Waals surface area contributed by atoms with Crippen molar-refractivity contribution in [2.75, 3.05) is 5.32 Å². The van der Waals surface area contributed by atoms with Crippen molar-refractivity contribution in [2.45, 2.75) is 40.2 Å². The van der Waals surface area contributed by atoms with Gasteiger partial charge in [-0.05, 0) is 45.7 Å². The van der Waals surface area contributed by atoms with Crippen LogP contribution in [0.4, 0.5) is 10.5 Å². The fourth-order valence-electron chi connectivity index (χ4n) is 1.65. The summed E-state index contributed by atoms with van der Waals surface area (Å²) in [6, 6.07) is 5.48. The van der Waals surface area contributed by atoms with E-state index in [1.54, 1.807) is 0 Å². The smallest absolute Gasteiger partial charge is 0.321 e. The molecule has 1 aromatic carbocycles. The number of rotatable bonds is 1. The Kier molecular flexibility index (Phi) is 4.53. The highest BCUT2D eigenvalue weighted by atomic mass is 16.2. The molecule has 104 valence electrons. The first-order valence-corrected chi connectivity index (χ1v) is 6.20. The first kappa shape index (κ1) is 15.0. The van der Waals surface area contributed by atoms with Gasteiger partial charge in [0.2, 0.25) is 5.96 Å². The first-order valence-electron chi connectivity index (χ1n) is 6.20. The number of amides is 2. The van der Waals surface area contributed by atoms with Crippen LogP contribution in [0.3, 0.4) is 0 Å². The van der Waals surface area contributed by atoms with Gasteiger partial charge in [-0.25, -0.2) is 4.79 Å². The molecule has 2 amide bonds. The Morgan fingerprint density at radius 3 is 2.16 bits per heavy atom. The number of hydrogen-bond donors (Lipinski definition) is 4. The zero-order valence-corrected chi connectivity index (χ0v) is 12.1. The number of carbonyl (C=O) groups excluding carboxylic acids is 1. The number of benzene rings is 1. The fourth-order valence-corrected chi connectivity index (χ4v) is 1.65. The van der Waals surface area contributed by atoms with Crippen molar-refractivity contribution < 1.29 is 4.79 Å². The molecule has 0 saturated heterocycles. The lowest BCUT2D eigenvalue weighted by Gasteiger charge is -2.21. The van der Waals surface area contributed by atoms with Crippen molar-refractivity contribution in [2.24, 2.45) is 0 Å². The van der Waals surface area contributed by atoms with Crippen LogP contribution in [-0.4, -0.2) is 17.5 Å². The molecule has 0 fully saturated rings. The maximum absolute atomic E-state index is 11.6. The molecule has 0 unspecified atom stereocenters. The molecule has 0 radical (unpaired) electrons. The molecule has 0 aromatic heterocycles. The van der Waals surface area contributed by atoms with Crippen LogP contribution in [0.2, 0.25) is 0 Å². The van der Waals surface area contributed by atoms with E-state index < -0.39 is 6.03 Å². The van der Waals surface area contributed by atoms with Crippen molar-refractivity contribution >= 4 is 17.7 Å². The van der Waals surface area contributed by atoms with Gasteiger partial charge in [0.15, 0.2) is 0 Å². The van der Waals surface area contributed by atoms with Crippen molar-refractivity contribution in [1.29, 1.82) is 5.41 Å². The van der Waals surface area contributed by atoms with Crippen LogP contribution >= 0.6 is 0 Å². The summed E-state index contributed by atoms with van der Waals surface area (Å²) in [7, 11) is 0. The van der Waals surface area contributed by atoms with Gasteiger partial charge >= 0.3 is 6.03 Å². The summed E-state index contributed by atoms with van der Waals surface area (Å²) in [5.41, 5.74) is 2.58. The second-order valence-electron chi connectivity index (χ2n) is 5.60. The van der Waals surface area contributed by atoms with Crippen molar-refractivity contribution in [3.8, 4) is 0 Å². The monoisotopic (exact) mass is 262 g/mol. The molecule has 0 saturated carbocycles. The van der Waals surface area contributed by atoms with Gasteiger partial charge in [-0.1, -0.05) is 18.2 Å². The van der Waals surface area contributed by atoms with Crippen LogP contribution in [-0.2, 0) is 0 Å². The molecule has 0 aliphatic rings. The van der Waals surface area contributed by atoms with E-state index in [4.69, 9.17) is 5.41 Å². The molecule has 5 nitrogen and oxygen atoms in total. The maximum atomic E-state index is 11.6. The Labute approximate surface area is 114 Å². The van der Waals surface area contributed by atoms with Crippen LogP contribution in [0.5, 0.6) is 0 Å². The van der Waals surface area contributed by atoms with E-state index in [1.165, 1.54) is 0 Å². The summed E-state index contributed by atoms with van der Waals surface area (Å²) in [6.07, 6.45) is 0. The van der Waals surface area contributed by atoms with Gasteiger partial charge in [-0.2, -0.15) is 0 Å². The van der Waals surface area contributed by atoms with Gasteiger partial charge in [0.1, 0.15) is 0 Å². The third-order valence-electron chi connectivity index (χ3n) is 2.46.